The zero-order chi connectivity index (χ0) is 13.8. The van der Waals surface area contributed by atoms with Gasteiger partial charge in [-0.3, -0.25) is 0 Å². The summed E-state index contributed by atoms with van der Waals surface area (Å²) in [5.74, 6) is 0. The van der Waals surface area contributed by atoms with Gasteiger partial charge in [0.15, 0.2) is 0 Å². The van der Waals surface area contributed by atoms with Crippen LogP contribution < -0.4 is 5.46 Å². The van der Waals surface area contributed by atoms with Gasteiger partial charge >= 0.3 is 7.12 Å². The van der Waals surface area contributed by atoms with Crippen molar-refractivity contribution in [3.8, 4) is 11.1 Å². The third kappa shape index (κ3) is 1.77. The van der Waals surface area contributed by atoms with Crippen molar-refractivity contribution in [2.45, 2.75) is 9.79 Å². The Kier molecular flexibility index (Phi) is 2.83. The van der Waals surface area contributed by atoms with Crippen molar-refractivity contribution >= 4 is 38.3 Å². The summed E-state index contributed by atoms with van der Waals surface area (Å²) in [5.41, 5.74) is 1.32. The lowest BCUT2D eigenvalue weighted by molar-refractivity contribution is 0.425. The molecule has 2 aromatic carbocycles. The van der Waals surface area contributed by atoms with Crippen LogP contribution in [-0.4, -0.2) is 25.6 Å². The van der Waals surface area contributed by atoms with Crippen molar-refractivity contribution in [1.82, 2.24) is 0 Å². The van der Waals surface area contributed by atoms with Crippen molar-refractivity contribution in [2.75, 3.05) is 0 Å². The first kappa shape index (κ1) is 12.9. The van der Waals surface area contributed by atoms with Crippen molar-refractivity contribution in [3.05, 3.63) is 40.9 Å². The third-order valence-electron chi connectivity index (χ3n) is 3.13. The lowest BCUT2D eigenvalue weighted by Gasteiger charge is -2.04. The normalized spacial score (nSPS) is 14.9. The molecule has 0 aliphatic carbocycles. The van der Waals surface area contributed by atoms with Crippen LogP contribution in [0.4, 0.5) is 0 Å². The molecule has 3 rings (SSSR count). The van der Waals surface area contributed by atoms with E-state index in [9.17, 15) is 18.5 Å². The quantitative estimate of drug-likeness (QED) is 0.648. The van der Waals surface area contributed by atoms with E-state index in [0.717, 1.165) is 0 Å². The van der Waals surface area contributed by atoms with E-state index in [-0.39, 0.29) is 15.3 Å². The highest BCUT2D eigenvalue weighted by Crippen LogP contribution is 2.45. The molecule has 19 heavy (non-hydrogen) atoms. The van der Waals surface area contributed by atoms with Gasteiger partial charge in [-0.1, -0.05) is 34.1 Å². The van der Waals surface area contributed by atoms with Crippen molar-refractivity contribution < 1.29 is 18.5 Å². The van der Waals surface area contributed by atoms with E-state index >= 15 is 0 Å². The van der Waals surface area contributed by atoms with Crippen LogP contribution in [0.1, 0.15) is 0 Å². The fourth-order valence-corrected chi connectivity index (χ4v) is 4.64. The zero-order valence-electron chi connectivity index (χ0n) is 9.54. The lowest BCUT2D eigenvalue weighted by Crippen LogP contribution is -2.29. The molecule has 0 unspecified atom stereocenters. The molecular formula is C12H8BBrO4S. The molecule has 0 amide bonds. The van der Waals surface area contributed by atoms with E-state index in [4.69, 9.17) is 0 Å². The van der Waals surface area contributed by atoms with Crippen LogP contribution in [0, 0.1) is 0 Å². The van der Waals surface area contributed by atoms with Gasteiger partial charge in [0.2, 0.25) is 9.84 Å². The number of fused-ring (bicyclic) bond motifs is 3. The monoisotopic (exact) mass is 338 g/mol. The molecule has 1 aliphatic rings. The summed E-state index contributed by atoms with van der Waals surface area (Å²) >= 11 is 3.34. The van der Waals surface area contributed by atoms with Crippen LogP contribution in [-0.2, 0) is 9.84 Å². The number of hydrogen-bond donors (Lipinski definition) is 2. The average molecular weight is 339 g/mol. The van der Waals surface area contributed by atoms with Gasteiger partial charge in [0.1, 0.15) is 0 Å². The van der Waals surface area contributed by atoms with E-state index in [1.807, 2.05) is 0 Å². The van der Waals surface area contributed by atoms with Gasteiger partial charge in [0.25, 0.3) is 0 Å². The molecule has 2 N–H and O–H groups in total. The Labute approximate surface area is 118 Å². The summed E-state index contributed by atoms with van der Waals surface area (Å²) in [7, 11) is -5.15. The highest BCUT2D eigenvalue weighted by molar-refractivity contribution is 9.10. The standard InChI is InChI=1S/C12H8BBrO4S/c14-9-2-1-3-11-12(9)8-6-7(13(15)16)4-5-10(8)19(11,17)18/h1-6,15-16H. The summed E-state index contributed by atoms with van der Waals surface area (Å²) in [4.78, 5) is 0.431. The Morgan fingerprint density at radius 2 is 1.79 bits per heavy atom. The molecule has 0 saturated heterocycles. The smallest absolute Gasteiger partial charge is 0.423 e. The number of hydrogen-bond acceptors (Lipinski definition) is 4. The predicted molar refractivity (Wildman–Crippen MR) is 74.9 cm³/mol. The molecule has 0 saturated carbocycles. The van der Waals surface area contributed by atoms with Gasteiger partial charge in [0.05, 0.1) is 9.79 Å². The molecule has 2 aromatic rings. The maximum atomic E-state index is 12.4. The maximum Gasteiger partial charge on any atom is 0.488 e. The molecule has 0 radical (unpaired) electrons. The molecule has 0 atom stereocenters. The minimum Gasteiger partial charge on any atom is -0.423 e. The van der Waals surface area contributed by atoms with Crippen LogP contribution in [0.15, 0.2) is 50.7 Å². The Bertz CT molecular complexity index is 786. The summed E-state index contributed by atoms with van der Waals surface area (Å²) in [5, 5.41) is 18.4. The number of rotatable bonds is 1. The fourth-order valence-electron chi connectivity index (χ4n) is 2.25. The number of halogens is 1. The highest BCUT2D eigenvalue weighted by atomic mass is 79.9. The second kappa shape index (κ2) is 4.18. The fraction of sp³-hybridized carbons (Fsp3) is 0. The third-order valence-corrected chi connectivity index (χ3v) is 5.64. The zero-order valence-corrected chi connectivity index (χ0v) is 11.9. The number of sulfone groups is 1. The molecule has 4 nitrogen and oxygen atoms in total. The largest absolute Gasteiger partial charge is 0.488 e. The lowest BCUT2D eigenvalue weighted by atomic mass is 9.79. The van der Waals surface area contributed by atoms with Gasteiger partial charge in [-0.25, -0.2) is 8.42 Å². The average Bonchev–Trinajstić information content (AvgIpc) is 2.59. The first-order valence-corrected chi connectivity index (χ1v) is 7.74. The maximum absolute atomic E-state index is 12.4. The Morgan fingerprint density at radius 1 is 1.05 bits per heavy atom. The SMILES string of the molecule is O=S1(=O)c2ccc(B(O)O)cc2-c2c(Br)cccc21. The van der Waals surface area contributed by atoms with E-state index < -0.39 is 17.0 Å². The van der Waals surface area contributed by atoms with Crippen LogP contribution in [0.5, 0.6) is 0 Å². The Balaban J connectivity index is 2.41. The molecule has 7 heteroatoms. The summed E-state index contributed by atoms with van der Waals surface area (Å²) in [6.07, 6.45) is 0. The molecule has 1 aliphatic heterocycles. The van der Waals surface area contributed by atoms with Crippen LogP contribution in [0.2, 0.25) is 0 Å². The molecule has 0 bridgehead atoms. The summed E-state index contributed by atoms with van der Waals surface area (Å²) < 4.78 is 25.4. The second-order valence-corrected chi connectivity index (χ2v) is 6.99. The van der Waals surface area contributed by atoms with E-state index in [1.165, 1.54) is 18.2 Å². The van der Waals surface area contributed by atoms with Crippen molar-refractivity contribution in [3.63, 3.8) is 0 Å². The van der Waals surface area contributed by atoms with Gasteiger partial charge in [-0.05, 0) is 23.7 Å². The second-order valence-electron chi connectivity index (χ2n) is 4.25. The highest BCUT2D eigenvalue weighted by Gasteiger charge is 2.34. The minimum atomic E-state index is -3.52. The number of benzene rings is 2. The van der Waals surface area contributed by atoms with Crippen molar-refractivity contribution in [1.29, 1.82) is 0 Å². The Morgan fingerprint density at radius 3 is 2.47 bits per heavy atom. The van der Waals surface area contributed by atoms with Gasteiger partial charge in [-0.2, -0.15) is 0 Å². The minimum absolute atomic E-state index is 0.193. The van der Waals surface area contributed by atoms with Crippen LogP contribution in [0.25, 0.3) is 11.1 Å². The van der Waals surface area contributed by atoms with E-state index in [2.05, 4.69) is 15.9 Å². The van der Waals surface area contributed by atoms with Gasteiger partial charge in [-0.15, -0.1) is 0 Å². The molecule has 96 valence electrons. The first-order valence-electron chi connectivity index (χ1n) is 5.47. The van der Waals surface area contributed by atoms with Gasteiger partial charge < -0.3 is 10.0 Å². The summed E-state index contributed by atoms with van der Waals surface area (Å²) in [6, 6.07) is 9.27. The Hall–Kier alpha value is -1.15. The molecule has 0 spiro atoms. The molecule has 0 aromatic heterocycles. The summed E-state index contributed by atoms with van der Waals surface area (Å²) in [6.45, 7) is 0. The van der Waals surface area contributed by atoms with E-state index in [0.29, 0.717) is 15.6 Å². The van der Waals surface area contributed by atoms with E-state index in [1.54, 1.807) is 18.2 Å². The topological polar surface area (TPSA) is 74.6 Å². The first-order chi connectivity index (χ1) is 8.93. The van der Waals surface area contributed by atoms with Crippen LogP contribution in [0.3, 0.4) is 0 Å². The van der Waals surface area contributed by atoms with Crippen molar-refractivity contribution in [2.24, 2.45) is 0 Å². The molecular weight excluding hydrogens is 331 g/mol. The predicted octanol–water partition coefficient (Wildman–Crippen LogP) is 0.942. The van der Waals surface area contributed by atoms with Gasteiger partial charge in [0, 0.05) is 15.6 Å². The molecule has 1 heterocycles. The molecule has 0 fully saturated rings. The van der Waals surface area contributed by atoms with Crippen LogP contribution >= 0.6 is 15.9 Å².